The molecular formula is C86H54BN3OS. The van der Waals surface area contributed by atoms with Gasteiger partial charge in [0.1, 0.15) is 5.58 Å². The van der Waals surface area contributed by atoms with E-state index in [4.69, 9.17) is 4.42 Å². The average molecular weight is 1190 g/mol. The minimum Gasteiger partial charge on any atom is -0.454 e. The van der Waals surface area contributed by atoms with E-state index in [2.05, 4.69) is 342 Å². The van der Waals surface area contributed by atoms with Crippen LogP contribution in [0.5, 0.6) is 0 Å². The van der Waals surface area contributed by atoms with E-state index in [1.54, 1.807) is 0 Å². The van der Waals surface area contributed by atoms with Gasteiger partial charge in [0.05, 0.1) is 33.8 Å². The highest BCUT2D eigenvalue weighted by Gasteiger charge is 2.48. The van der Waals surface area contributed by atoms with Crippen LogP contribution in [0.25, 0.3) is 126 Å². The van der Waals surface area contributed by atoms with Gasteiger partial charge in [-0.15, -0.1) is 11.3 Å². The Morgan fingerprint density at radius 1 is 0.293 bits per heavy atom. The van der Waals surface area contributed by atoms with Gasteiger partial charge in [-0.3, -0.25) is 0 Å². The summed E-state index contributed by atoms with van der Waals surface area (Å²) in [5.41, 5.74) is 27.7. The standard InChI is InChI=1S/C86H54BN3OS/c1-5-25-55(26-6-1)59-33-21-35-61(51-59)66-43-24-44-67(62-36-22-34-60(52-62)56-27-7-2-8-28-56)82(66)89-76-50-49-63(88-74-45-17-13-37-68(74)69-38-14-18-46-75(69)88)53-73(76)87-80-77(54-72-70-39-15-19-47-78(70)91-85(72)84(80)89)90(83-71-40-16-20-48-79(71)92-86(83)87)81-64(57-29-9-3-10-30-57)41-23-42-65(81)58-31-11-4-12-32-58/h1-54H. The highest BCUT2D eigenvalue weighted by molar-refractivity contribution is 7.33. The molecule has 0 unspecified atom stereocenters. The summed E-state index contributed by atoms with van der Waals surface area (Å²) in [6.45, 7) is -0.261. The van der Waals surface area contributed by atoms with Gasteiger partial charge in [-0.1, -0.05) is 267 Å². The molecule has 92 heavy (non-hydrogen) atoms. The Kier molecular flexibility index (Phi) is 11.9. The topological polar surface area (TPSA) is 24.6 Å². The first-order valence-corrected chi connectivity index (χ1v) is 32.4. The first-order valence-electron chi connectivity index (χ1n) is 31.6. The molecule has 0 atom stereocenters. The fraction of sp³-hybridized carbons (Fsp3) is 0. The van der Waals surface area contributed by atoms with Crippen LogP contribution in [0.4, 0.5) is 34.1 Å². The second-order valence-corrected chi connectivity index (χ2v) is 25.3. The molecule has 5 heterocycles. The predicted octanol–water partition coefficient (Wildman–Crippen LogP) is 22.0. The summed E-state index contributed by atoms with van der Waals surface area (Å²) in [5, 5.41) is 5.77. The van der Waals surface area contributed by atoms with Gasteiger partial charge in [-0.05, 0) is 116 Å². The molecule has 428 valence electrons. The summed E-state index contributed by atoms with van der Waals surface area (Å²) in [6.07, 6.45) is 0. The Balaban J connectivity index is 1.00. The molecule has 4 nitrogen and oxygen atoms in total. The molecule has 2 aliphatic rings. The Bertz CT molecular complexity index is 5580. The van der Waals surface area contributed by atoms with Crippen molar-refractivity contribution in [3.63, 3.8) is 0 Å². The monoisotopic (exact) mass is 1190 g/mol. The van der Waals surface area contributed by atoms with Crippen molar-refractivity contribution in [2.45, 2.75) is 0 Å². The van der Waals surface area contributed by atoms with Crippen LogP contribution in [0.15, 0.2) is 332 Å². The number of rotatable bonds is 9. The number of fused-ring (bicyclic) bond motifs is 13. The van der Waals surface area contributed by atoms with E-state index in [1.165, 1.54) is 53.3 Å². The quantitative estimate of drug-likeness (QED) is 0.135. The molecule has 0 spiro atoms. The number of thiophene rings is 1. The first-order chi connectivity index (χ1) is 45.7. The summed E-state index contributed by atoms with van der Waals surface area (Å²) in [4.78, 5) is 5.31. The molecule has 0 aliphatic carbocycles. The van der Waals surface area contributed by atoms with Gasteiger partial charge >= 0.3 is 0 Å². The van der Waals surface area contributed by atoms with E-state index in [9.17, 15) is 0 Å². The van der Waals surface area contributed by atoms with E-state index in [1.807, 2.05) is 11.3 Å². The van der Waals surface area contributed by atoms with Gasteiger partial charge < -0.3 is 18.8 Å². The molecule has 14 aromatic carbocycles. The van der Waals surface area contributed by atoms with Crippen molar-refractivity contribution in [2.24, 2.45) is 0 Å². The van der Waals surface area contributed by atoms with Gasteiger partial charge in [0.15, 0.2) is 5.58 Å². The van der Waals surface area contributed by atoms with Crippen LogP contribution < -0.4 is 25.5 Å². The molecule has 0 saturated heterocycles. The average Bonchev–Trinajstić information content (AvgIpc) is 1.28. The number of hydrogen-bond donors (Lipinski definition) is 0. The van der Waals surface area contributed by atoms with E-state index in [0.717, 1.165) is 123 Å². The molecule has 19 rings (SSSR count). The van der Waals surface area contributed by atoms with Gasteiger partial charge in [0, 0.05) is 75.7 Å². The Morgan fingerprint density at radius 2 is 0.739 bits per heavy atom. The molecule has 17 aromatic rings. The molecular weight excluding hydrogens is 1130 g/mol. The van der Waals surface area contributed by atoms with E-state index in [-0.39, 0.29) is 6.71 Å². The Labute approximate surface area is 537 Å². The van der Waals surface area contributed by atoms with Crippen LogP contribution in [-0.4, -0.2) is 11.3 Å². The SMILES string of the molecule is c1ccc(-c2cccc(-c3cccc(-c4cccc(-c5ccccc5)c4)c3N3c4ccc(-n5c6ccccc6c6ccccc65)cc4B4c5sc6ccccc6c5N(c5c(-c6ccccc6)cccc5-c5ccccc5)c5cc6c(oc7ccccc76)c3c54)c2)cc1. The smallest absolute Gasteiger partial charge is 0.264 e. The van der Waals surface area contributed by atoms with Crippen molar-refractivity contribution in [3.05, 3.63) is 328 Å². The third kappa shape index (κ3) is 8.04. The van der Waals surface area contributed by atoms with Gasteiger partial charge in [-0.25, -0.2) is 0 Å². The lowest BCUT2D eigenvalue weighted by Crippen LogP contribution is -2.60. The number of benzene rings is 14. The second-order valence-electron chi connectivity index (χ2n) is 24.2. The molecule has 0 N–H and O–H groups in total. The zero-order chi connectivity index (χ0) is 60.4. The maximum Gasteiger partial charge on any atom is 0.264 e. The number of hydrogen-bond acceptors (Lipinski definition) is 4. The van der Waals surface area contributed by atoms with Crippen LogP contribution >= 0.6 is 11.3 Å². The summed E-state index contributed by atoms with van der Waals surface area (Å²) >= 11 is 1.92. The van der Waals surface area contributed by atoms with Crippen molar-refractivity contribution in [1.29, 1.82) is 0 Å². The highest BCUT2D eigenvalue weighted by atomic mass is 32.1. The van der Waals surface area contributed by atoms with Crippen molar-refractivity contribution in [2.75, 3.05) is 9.80 Å². The van der Waals surface area contributed by atoms with Gasteiger partial charge in [-0.2, -0.15) is 0 Å². The Morgan fingerprint density at radius 3 is 1.32 bits per heavy atom. The van der Waals surface area contributed by atoms with Crippen LogP contribution in [0.1, 0.15) is 0 Å². The molecule has 0 saturated carbocycles. The fourth-order valence-corrected chi connectivity index (χ4v) is 16.5. The third-order valence-corrected chi connectivity index (χ3v) is 20.4. The summed E-state index contributed by atoms with van der Waals surface area (Å²) in [5.74, 6) is 0. The van der Waals surface area contributed by atoms with Gasteiger partial charge in [0.2, 0.25) is 0 Å². The van der Waals surface area contributed by atoms with Crippen molar-refractivity contribution < 1.29 is 4.42 Å². The first kappa shape index (κ1) is 52.3. The Hall–Kier alpha value is -11.7. The number of furan rings is 1. The molecule has 3 aromatic heterocycles. The fourth-order valence-electron chi connectivity index (χ4n) is 15.2. The molecule has 0 radical (unpaired) electrons. The summed E-state index contributed by atoms with van der Waals surface area (Å²) in [6, 6.07) is 121. The zero-order valence-corrected chi connectivity index (χ0v) is 50.7. The molecule has 0 fully saturated rings. The van der Waals surface area contributed by atoms with Crippen molar-refractivity contribution in [1.82, 2.24) is 4.57 Å². The number of aromatic nitrogens is 1. The predicted molar refractivity (Wildman–Crippen MR) is 390 cm³/mol. The lowest BCUT2D eigenvalue weighted by molar-refractivity contribution is 0.669. The molecule has 0 amide bonds. The van der Waals surface area contributed by atoms with Crippen LogP contribution in [0.2, 0.25) is 0 Å². The third-order valence-electron chi connectivity index (χ3n) is 19.1. The normalized spacial score (nSPS) is 12.5. The maximum atomic E-state index is 7.63. The highest BCUT2D eigenvalue weighted by Crippen LogP contribution is 2.57. The van der Waals surface area contributed by atoms with Crippen LogP contribution in [0.3, 0.4) is 0 Å². The van der Waals surface area contributed by atoms with Crippen molar-refractivity contribution in [3.8, 4) is 72.4 Å². The minimum absolute atomic E-state index is 0.261. The van der Waals surface area contributed by atoms with E-state index in [0.29, 0.717) is 0 Å². The molecule has 2 aliphatic heterocycles. The summed E-state index contributed by atoms with van der Waals surface area (Å²) in [7, 11) is 0. The van der Waals surface area contributed by atoms with Crippen LogP contribution in [0, 0.1) is 0 Å². The second kappa shape index (κ2) is 21.0. The van der Waals surface area contributed by atoms with E-state index >= 15 is 0 Å². The number of nitrogens with zero attached hydrogens (tertiary/aromatic N) is 3. The number of anilines is 6. The lowest BCUT2D eigenvalue weighted by atomic mass is 9.36. The van der Waals surface area contributed by atoms with Crippen molar-refractivity contribution >= 4 is 122 Å². The van der Waals surface area contributed by atoms with Crippen LogP contribution in [-0.2, 0) is 0 Å². The van der Waals surface area contributed by atoms with Gasteiger partial charge in [0.25, 0.3) is 6.71 Å². The lowest BCUT2D eigenvalue weighted by Gasteiger charge is -2.44. The number of para-hydroxylation sites is 5. The zero-order valence-electron chi connectivity index (χ0n) is 49.9. The maximum absolute atomic E-state index is 7.63. The summed E-state index contributed by atoms with van der Waals surface area (Å²) < 4.78 is 12.6. The minimum atomic E-state index is -0.261. The molecule has 6 heteroatoms. The van der Waals surface area contributed by atoms with E-state index < -0.39 is 0 Å². The largest absolute Gasteiger partial charge is 0.454 e. The molecule has 0 bridgehead atoms.